The Labute approximate surface area is 188 Å². The summed E-state index contributed by atoms with van der Waals surface area (Å²) in [4.78, 5) is 7.44. The second kappa shape index (κ2) is 9.40. The zero-order valence-electron chi connectivity index (χ0n) is 17.5. The number of nitrogens with zero attached hydrogens (tertiary/aromatic N) is 2. The van der Waals surface area contributed by atoms with E-state index in [9.17, 15) is 8.42 Å². The number of guanidine groups is 1. The fourth-order valence-electron chi connectivity index (χ4n) is 5.94. The number of halogens is 1. The van der Waals surface area contributed by atoms with E-state index in [1.54, 1.807) is 0 Å². The van der Waals surface area contributed by atoms with E-state index in [1.807, 2.05) is 0 Å². The van der Waals surface area contributed by atoms with Crippen molar-refractivity contribution in [2.75, 3.05) is 31.1 Å². The molecule has 1 N–H and O–H groups in total. The van der Waals surface area contributed by atoms with Crippen LogP contribution in [0.25, 0.3) is 0 Å². The van der Waals surface area contributed by atoms with E-state index in [4.69, 9.17) is 4.99 Å². The van der Waals surface area contributed by atoms with Gasteiger partial charge in [-0.15, -0.1) is 24.0 Å². The third-order valence-corrected chi connectivity index (χ3v) is 9.11. The van der Waals surface area contributed by atoms with Crippen molar-refractivity contribution >= 4 is 39.8 Å². The van der Waals surface area contributed by atoms with Gasteiger partial charge in [0.1, 0.15) is 0 Å². The standard InChI is InChI=1S/C21H37N3O2S.HI/c1-15(2)9-17-5-7-24(13-17)21(22-12-18-6-8-27(25,26)14-18)23-20-11-16-3-4-19(20)10-16;/h15-20H,3-14H2,1-2H3,(H,22,23);1H. The van der Waals surface area contributed by atoms with Gasteiger partial charge in [-0.05, 0) is 68.1 Å². The van der Waals surface area contributed by atoms with Crippen molar-refractivity contribution in [3.63, 3.8) is 0 Å². The minimum Gasteiger partial charge on any atom is -0.353 e. The monoisotopic (exact) mass is 523 g/mol. The Morgan fingerprint density at radius 1 is 1.14 bits per heavy atom. The molecule has 2 aliphatic heterocycles. The average molecular weight is 524 g/mol. The molecule has 2 saturated carbocycles. The first kappa shape index (κ1) is 22.6. The molecule has 162 valence electrons. The summed E-state index contributed by atoms with van der Waals surface area (Å²) in [7, 11) is -2.82. The van der Waals surface area contributed by atoms with E-state index in [1.165, 1.54) is 38.5 Å². The van der Waals surface area contributed by atoms with Crippen molar-refractivity contribution in [3.8, 4) is 0 Å². The Bertz CT molecular complexity index is 667. The second-order valence-electron chi connectivity index (χ2n) is 10.1. The van der Waals surface area contributed by atoms with E-state index in [0.29, 0.717) is 24.1 Å². The molecule has 2 bridgehead atoms. The summed E-state index contributed by atoms with van der Waals surface area (Å²) in [5, 5.41) is 3.83. The van der Waals surface area contributed by atoms with Crippen LogP contribution >= 0.6 is 24.0 Å². The molecule has 0 amide bonds. The molecule has 4 fully saturated rings. The first-order chi connectivity index (χ1) is 12.9. The lowest BCUT2D eigenvalue weighted by molar-refractivity contribution is 0.360. The van der Waals surface area contributed by atoms with Crippen LogP contribution in [0, 0.1) is 29.6 Å². The van der Waals surface area contributed by atoms with Crippen molar-refractivity contribution in [2.45, 2.75) is 64.8 Å². The largest absolute Gasteiger partial charge is 0.353 e. The molecule has 4 rings (SSSR count). The lowest BCUT2D eigenvalue weighted by atomic mass is 9.95. The Hall–Kier alpha value is -0.0500. The summed E-state index contributed by atoms with van der Waals surface area (Å²) < 4.78 is 23.6. The van der Waals surface area contributed by atoms with Crippen LogP contribution in [0.5, 0.6) is 0 Å². The van der Waals surface area contributed by atoms with Gasteiger partial charge in [-0.25, -0.2) is 8.42 Å². The highest BCUT2D eigenvalue weighted by Gasteiger charge is 2.40. The maximum absolute atomic E-state index is 11.8. The molecule has 5 nitrogen and oxygen atoms in total. The maximum Gasteiger partial charge on any atom is 0.194 e. The number of aliphatic imine (C=N–C) groups is 1. The first-order valence-corrected chi connectivity index (χ1v) is 13.0. The summed E-state index contributed by atoms with van der Waals surface area (Å²) >= 11 is 0. The van der Waals surface area contributed by atoms with Crippen molar-refractivity contribution < 1.29 is 8.42 Å². The third-order valence-electron chi connectivity index (χ3n) is 7.27. The number of rotatable bonds is 5. The van der Waals surface area contributed by atoms with Crippen molar-refractivity contribution in [2.24, 2.45) is 34.6 Å². The number of sulfone groups is 1. The minimum atomic E-state index is -2.82. The van der Waals surface area contributed by atoms with E-state index in [-0.39, 0.29) is 29.9 Å². The van der Waals surface area contributed by atoms with E-state index in [0.717, 1.165) is 49.1 Å². The maximum atomic E-state index is 11.8. The summed E-state index contributed by atoms with van der Waals surface area (Å²) in [6.45, 7) is 7.48. The molecule has 0 aromatic carbocycles. The normalized spacial score (nSPS) is 36.9. The molecular weight excluding hydrogens is 485 g/mol. The molecule has 7 heteroatoms. The molecule has 2 saturated heterocycles. The van der Waals surface area contributed by atoms with E-state index in [2.05, 4.69) is 24.1 Å². The number of likely N-dealkylation sites (tertiary alicyclic amines) is 1. The number of hydrogen-bond acceptors (Lipinski definition) is 3. The van der Waals surface area contributed by atoms with Gasteiger partial charge in [-0.3, -0.25) is 4.99 Å². The van der Waals surface area contributed by atoms with E-state index >= 15 is 0 Å². The van der Waals surface area contributed by atoms with Gasteiger partial charge in [0.05, 0.1) is 11.5 Å². The SMILES string of the molecule is CC(C)CC1CCN(C(=NCC2CCS(=O)(=O)C2)NC2CC3CCC2C3)C1.I. The molecule has 5 unspecified atom stereocenters. The lowest BCUT2D eigenvalue weighted by Crippen LogP contribution is -2.47. The van der Waals surface area contributed by atoms with Crippen molar-refractivity contribution in [1.82, 2.24) is 10.2 Å². The smallest absolute Gasteiger partial charge is 0.194 e. The minimum absolute atomic E-state index is 0. The van der Waals surface area contributed by atoms with Crippen LogP contribution in [-0.2, 0) is 9.84 Å². The van der Waals surface area contributed by atoms with Gasteiger partial charge in [0.25, 0.3) is 0 Å². The highest BCUT2D eigenvalue weighted by atomic mass is 127. The number of hydrogen-bond donors (Lipinski definition) is 1. The number of fused-ring (bicyclic) bond motifs is 2. The van der Waals surface area contributed by atoms with Gasteiger partial charge in [-0.1, -0.05) is 20.3 Å². The molecule has 5 atom stereocenters. The van der Waals surface area contributed by atoms with E-state index < -0.39 is 9.84 Å². The van der Waals surface area contributed by atoms with Crippen LogP contribution in [0.4, 0.5) is 0 Å². The summed E-state index contributed by atoms with van der Waals surface area (Å²) in [5.74, 6) is 5.21. The molecule has 0 radical (unpaired) electrons. The Balaban J connectivity index is 0.00000225. The van der Waals surface area contributed by atoms with Gasteiger partial charge in [0.15, 0.2) is 15.8 Å². The predicted octanol–water partition coefficient (Wildman–Crippen LogP) is 3.54. The first-order valence-electron chi connectivity index (χ1n) is 11.1. The molecule has 4 aliphatic rings. The highest BCUT2D eigenvalue weighted by molar-refractivity contribution is 14.0. The molecule has 2 aliphatic carbocycles. The Morgan fingerprint density at radius 3 is 2.57 bits per heavy atom. The lowest BCUT2D eigenvalue weighted by Gasteiger charge is -2.30. The third kappa shape index (κ3) is 5.55. The molecule has 0 spiro atoms. The van der Waals surface area contributed by atoms with Crippen LogP contribution < -0.4 is 5.32 Å². The van der Waals surface area contributed by atoms with Crippen LogP contribution in [0.1, 0.15) is 58.8 Å². The second-order valence-corrected chi connectivity index (χ2v) is 12.3. The summed E-state index contributed by atoms with van der Waals surface area (Å²) in [6.07, 6.45) is 8.80. The fourth-order valence-corrected chi connectivity index (χ4v) is 7.79. The zero-order valence-corrected chi connectivity index (χ0v) is 20.6. The summed E-state index contributed by atoms with van der Waals surface area (Å²) in [5.41, 5.74) is 0. The van der Waals surface area contributed by atoms with Gasteiger partial charge in [0, 0.05) is 25.7 Å². The molecular formula is C21H38IN3O2S. The van der Waals surface area contributed by atoms with Gasteiger partial charge in [0.2, 0.25) is 0 Å². The van der Waals surface area contributed by atoms with Crippen LogP contribution in [0.15, 0.2) is 4.99 Å². The zero-order chi connectivity index (χ0) is 19.0. The van der Waals surface area contributed by atoms with Crippen molar-refractivity contribution in [1.29, 1.82) is 0 Å². The van der Waals surface area contributed by atoms with Crippen LogP contribution in [0.3, 0.4) is 0 Å². The fraction of sp³-hybridized carbons (Fsp3) is 0.952. The highest BCUT2D eigenvalue weighted by Crippen LogP contribution is 2.44. The van der Waals surface area contributed by atoms with Crippen molar-refractivity contribution in [3.05, 3.63) is 0 Å². The topological polar surface area (TPSA) is 61.8 Å². The van der Waals surface area contributed by atoms with Gasteiger partial charge >= 0.3 is 0 Å². The quantitative estimate of drug-likeness (QED) is 0.340. The Kier molecular flexibility index (Phi) is 7.59. The van der Waals surface area contributed by atoms with Gasteiger partial charge in [-0.2, -0.15) is 0 Å². The molecule has 0 aromatic heterocycles. The summed E-state index contributed by atoms with van der Waals surface area (Å²) in [6, 6.07) is 0.582. The number of nitrogens with one attached hydrogen (secondary N) is 1. The molecule has 28 heavy (non-hydrogen) atoms. The molecule has 0 aromatic rings. The van der Waals surface area contributed by atoms with Gasteiger partial charge < -0.3 is 10.2 Å². The average Bonchev–Trinajstić information content (AvgIpc) is 3.35. The van der Waals surface area contributed by atoms with Crippen LogP contribution in [-0.4, -0.2) is 56.5 Å². The van der Waals surface area contributed by atoms with Crippen LogP contribution in [0.2, 0.25) is 0 Å². The Morgan fingerprint density at radius 2 is 1.96 bits per heavy atom. The molecule has 2 heterocycles. The predicted molar refractivity (Wildman–Crippen MR) is 126 cm³/mol.